The molecule has 0 atom stereocenters. The maximum absolute atomic E-state index is 13.6. The van der Waals surface area contributed by atoms with Gasteiger partial charge >= 0.3 is 5.97 Å². The summed E-state index contributed by atoms with van der Waals surface area (Å²) in [5, 5.41) is 8.66. The molecule has 5 heteroatoms. The molecule has 0 radical (unpaired) electrons. The molecule has 0 aromatic heterocycles. The summed E-state index contributed by atoms with van der Waals surface area (Å²) in [6, 6.07) is 11.1. The van der Waals surface area contributed by atoms with Crippen LogP contribution in [0.1, 0.15) is 5.56 Å². The number of halogens is 2. The van der Waals surface area contributed by atoms with E-state index < -0.39 is 11.8 Å². The molecule has 0 aliphatic heterocycles. The van der Waals surface area contributed by atoms with Crippen LogP contribution in [0.2, 0.25) is 0 Å². The van der Waals surface area contributed by atoms with Crippen LogP contribution in [0.5, 0.6) is 11.5 Å². The summed E-state index contributed by atoms with van der Waals surface area (Å²) in [4.78, 5) is 10.6. The highest BCUT2D eigenvalue weighted by atomic mass is 79.9. The Balaban J connectivity index is 2.37. The highest BCUT2D eigenvalue weighted by Gasteiger charge is 2.07. The molecule has 2 aromatic rings. The topological polar surface area (TPSA) is 46.5 Å². The molecule has 0 fully saturated rings. The average molecular weight is 337 g/mol. The van der Waals surface area contributed by atoms with Crippen LogP contribution in [-0.4, -0.2) is 11.1 Å². The fraction of sp³-hybridized carbons (Fsp3) is 0. The first-order valence-electron chi connectivity index (χ1n) is 5.69. The number of carboxylic acids is 1. The van der Waals surface area contributed by atoms with Crippen molar-refractivity contribution in [1.29, 1.82) is 0 Å². The molecule has 3 nitrogen and oxygen atoms in total. The fourth-order valence-electron chi connectivity index (χ4n) is 1.54. The first-order valence-corrected chi connectivity index (χ1v) is 6.48. The van der Waals surface area contributed by atoms with Crippen LogP contribution in [-0.2, 0) is 4.79 Å². The first kappa shape index (κ1) is 14.3. The third-order valence-electron chi connectivity index (χ3n) is 2.44. The van der Waals surface area contributed by atoms with Crippen molar-refractivity contribution in [2.75, 3.05) is 0 Å². The van der Waals surface area contributed by atoms with Crippen LogP contribution in [0.25, 0.3) is 6.08 Å². The maximum Gasteiger partial charge on any atom is 0.328 e. The Morgan fingerprint density at radius 3 is 2.65 bits per heavy atom. The largest absolute Gasteiger partial charge is 0.478 e. The highest BCUT2D eigenvalue weighted by molar-refractivity contribution is 9.10. The molecular formula is C15H10BrFO3. The van der Waals surface area contributed by atoms with Crippen molar-refractivity contribution in [2.24, 2.45) is 0 Å². The van der Waals surface area contributed by atoms with E-state index in [9.17, 15) is 9.18 Å². The predicted octanol–water partition coefficient (Wildman–Crippen LogP) is 4.48. The van der Waals surface area contributed by atoms with Crippen molar-refractivity contribution in [1.82, 2.24) is 0 Å². The van der Waals surface area contributed by atoms with E-state index in [1.807, 2.05) is 0 Å². The molecule has 1 N–H and O–H groups in total. The van der Waals surface area contributed by atoms with Gasteiger partial charge in [0.15, 0.2) is 11.6 Å². The van der Waals surface area contributed by atoms with Gasteiger partial charge in [0.25, 0.3) is 0 Å². The molecule has 0 saturated heterocycles. The van der Waals surface area contributed by atoms with E-state index in [0.29, 0.717) is 11.3 Å². The van der Waals surface area contributed by atoms with Gasteiger partial charge in [0.05, 0.1) is 0 Å². The average Bonchev–Trinajstić information content (AvgIpc) is 2.40. The van der Waals surface area contributed by atoms with Gasteiger partial charge in [-0.25, -0.2) is 9.18 Å². The summed E-state index contributed by atoms with van der Waals surface area (Å²) in [7, 11) is 0. The molecule has 0 aliphatic carbocycles. The Labute approximate surface area is 123 Å². The lowest BCUT2D eigenvalue weighted by atomic mass is 10.2. The van der Waals surface area contributed by atoms with Gasteiger partial charge < -0.3 is 9.84 Å². The molecule has 2 aromatic carbocycles. The van der Waals surface area contributed by atoms with Gasteiger partial charge in [-0.05, 0) is 30.3 Å². The second-order valence-electron chi connectivity index (χ2n) is 3.89. The number of hydrogen-bond donors (Lipinski definition) is 1. The quantitative estimate of drug-likeness (QED) is 0.837. The van der Waals surface area contributed by atoms with Gasteiger partial charge in [0.1, 0.15) is 5.75 Å². The standard InChI is InChI=1S/C15H10BrFO3/c16-11-7-5-10(6-8-15(18)19)14(9-11)20-13-4-2-1-3-12(13)17/h1-9H,(H,18,19)/b8-6+. The molecular weight excluding hydrogens is 327 g/mol. The van der Waals surface area contributed by atoms with Crippen LogP contribution in [0.3, 0.4) is 0 Å². The third-order valence-corrected chi connectivity index (χ3v) is 2.93. The van der Waals surface area contributed by atoms with Crippen LogP contribution < -0.4 is 4.74 Å². The highest BCUT2D eigenvalue weighted by Crippen LogP contribution is 2.30. The zero-order valence-corrected chi connectivity index (χ0v) is 11.8. The summed E-state index contributed by atoms with van der Waals surface area (Å²) in [6.45, 7) is 0. The third kappa shape index (κ3) is 3.68. The van der Waals surface area contributed by atoms with E-state index in [-0.39, 0.29) is 5.75 Å². The van der Waals surface area contributed by atoms with Crippen LogP contribution in [0.4, 0.5) is 4.39 Å². The van der Waals surface area contributed by atoms with Crippen molar-refractivity contribution in [3.8, 4) is 11.5 Å². The minimum Gasteiger partial charge on any atom is -0.478 e. The van der Waals surface area contributed by atoms with E-state index >= 15 is 0 Å². The predicted molar refractivity (Wildman–Crippen MR) is 77.3 cm³/mol. The van der Waals surface area contributed by atoms with Crippen molar-refractivity contribution in [3.63, 3.8) is 0 Å². The SMILES string of the molecule is O=C(O)/C=C/c1ccc(Br)cc1Oc1ccccc1F. The van der Waals surface area contributed by atoms with E-state index in [1.165, 1.54) is 18.2 Å². The van der Waals surface area contributed by atoms with Crippen molar-refractivity contribution in [2.45, 2.75) is 0 Å². The van der Waals surface area contributed by atoms with E-state index in [1.54, 1.807) is 30.3 Å². The van der Waals surface area contributed by atoms with E-state index in [0.717, 1.165) is 10.5 Å². The van der Waals surface area contributed by atoms with Crippen molar-refractivity contribution < 1.29 is 19.0 Å². The Morgan fingerprint density at radius 1 is 1.20 bits per heavy atom. The molecule has 0 aliphatic rings. The number of carbonyl (C=O) groups is 1. The molecule has 0 spiro atoms. The van der Waals surface area contributed by atoms with E-state index in [2.05, 4.69) is 15.9 Å². The van der Waals surface area contributed by atoms with Gasteiger partial charge in [-0.2, -0.15) is 0 Å². The van der Waals surface area contributed by atoms with Gasteiger partial charge in [0.2, 0.25) is 0 Å². The zero-order chi connectivity index (χ0) is 14.5. The van der Waals surface area contributed by atoms with Gasteiger partial charge in [-0.15, -0.1) is 0 Å². The summed E-state index contributed by atoms with van der Waals surface area (Å²) in [6.07, 6.45) is 2.39. The van der Waals surface area contributed by atoms with Gasteiger partial charge in [-0.1, -0.05) is 34.1 Å². The fourth-order valence-corrected chi connectivity index (χ4v) is 1.88. The maximum atomic E-state index is 13.6. The minimum atomic E-state index is -1.07. The van der Waals surface area contributed by atoms with Gasteiger partial charge in [-0.3, -0.25) is 0 Å². The summed E-state index contributed by atoms with van der Waals surface area (Å²) in [5.41, 5.74) is 0.541. The Kier molecular flexibility index (Phi) is 4.53. The Hall–Kier alpha value is -2.14. The van der Waals surface area contributed by atoms with Crippen LogP contribution >= 0.6 is 15.9 Å². The molecule has 0 heterocycles. The lowest BCUT2D eigenvalue weighted by molar-refractivity contribution is -0.131. The first-order chi connectivity index (χ1) is 9.56. The molecule has 20 heavy (non-hydrogen) atoms. The van der Waals surface area contributed by atoms with Crippen molar-refractivity contribution in [3.05, 3.63) is 64.4 Å². The lowest BCUT2D eigenvalue weighted by Crippen LogP contribution is -1.91. The lowest BCUT2D eigenvalue weighted by Gasteiger charge is -2.10. The number of hydrogen-bond acceptors (Lipinski definition) is 2. The molecule has 2 rings (SSSR count). The van der Waals surface area contributed by atoms with Crippen LogP contribution in [0, 0.1) is 5.82 Å². The number of aliphatic carboxylic acids is 1. The van der Waals surface area contributed by atoms with Crippen molar-refractivity contribution >= 4 is 28.0 Å². The Morgan fingerprint density at radius 2 is 1.95 bits per heavy atom. The zero-order valence-electron chi connectivity index (χ0n) is 10.2. The molecule has 0 unspecified atom stereocenters. The minimum absolute atomic E-state index is 0.0792. The smallest absolute Gasteiger partial charge is 0.328 e. The van der Waals surface area contributed by atoms with Crippen LogP contribution in [0.15, 0.2) is 53.0 Å². The second-order valence-corrected chi connectivity index (χ2v) is 4.80. The molecule has 0 saturated carbocycles. The number of ether oxygens (including phenoxy) is 1. The normalized spacial score (nSPS) is 10.7. The number of carboxylic acid groups (broad SMARTS) is 1. The number of para-hydroxylation sites is 1. The second kappa shape index (κ2) is 6.34. The summed E-state index contributed by atoms with van der Waals surface area (Å²) < 4.78 is 19.8. The summed E-state index contributed by atoms with van der Waals surface area (Å²) in [5.74, 6) is -1.11. The Bertz CT molecular complexity index is 668. The monoisotopic (exact) mass is 336 g/mol. The molecule has 0 bridgehead atoms. The summed E-state index contributed by atoms with van der Waals surface area (Å²) >= 11 is 3.29. The molecule has 102 valence electrons. The van der Waals surface area contributed by atoms with E-state index in [4.69, 9.17) is 9.84 Å². The number of rotatable bonds is 4. The number of benzene rings is 2. The molecule has 0 amide bonds. The van der Waals surface area contributed by atoms with Gasteiger partial charge in [0, 0.05) is 16.1 Å².